The summed E-state index contributed by atoms with van der Waals surface area (Å²) in [5.74, 6) is -1.51. The zero-order valence-electron chi connectivity index (χ0n) is 12.7. The Morgan fingerprint density at radius 2 is 1.92 bits per heavy atom. The fourth-order valence-electron chi connectivity index (χ4n) is 1.98. The molecule has 4 nitrogen and oxygen atoms in total. The maximum Gasteiger partial charge on any atom is 0.422 e. The summed E-state index contributed by atoms with van der Waals surface area (Å²) in [6.07, 6.45) is -3.32. The first-order chi connectivity index (χ1) is 11.3. The van der Waals surface area contributed by atoms with Gasteiger partial charge in [-0.05, 0) is 18.2 Å². The van der Waals surface area contributed by atoms with Crippen molar-refractivity contribution in [2.24, 2.45) is 0 Å². The number of nitrogens with zero attached hydrogens (tertiary/aromatic N) is 2. The summed E-state index contributed by atoms with van der Waals surface area (Å²) in [4.78, 5) is 17.3. The van der Waals surface area contributed by atoms with E-state index in [2.05, 4.69) is 9.72 Å². The zero-order chi connectivity index (χ0) is 17.7. The summed E-state index contributed by atoms with van der Waals surface area (Å²) in [5, 5.41) is 0. The van der Waals surface area contributed by atoms with Crippen LogP contribution in [-0.2, 0) is 6.54 Å². The van der Waals surface area contributed by atoms with Gasteiger partial charge in [0.1, 0.15) is 11.4 Å². The number of alkyl halides is 3. The van der Waals surface area contributed by atoms with Crippen LogP contribution in [0.15, 0.2) is 42.6 Å². The number of carbonyl (C=O) groups excluding carboxylic acids is 1. The van der Waals surface area contributed by atoms with Crippen molar-refractivity contribution in [3.8, 4) is 5.88 Å². The monoisotopic (exact) mass is 342 g/mol. The molecule has 128 valence electrons. The van der Waals surface area contributed by atoms with Gasteiger partial charge in [0.2, 0.25) is 5.88 Å². The minimum Gasteiger partial charge on any atom is -0.467 e. The fourth-order valence-corrected chi connectivity index (χ4v) is 1.98. The molecule has 0 N–H and O–H groups in total. The minimum absolute atomic E-state index is 0.0425. The highest BCUT2D eigenvalue weighted by Crippen LogP contribution is 2.21. The molecule has 0 fully saturated rings. The molecule has 0 aliphatic rings. The first kappa shape index (κ1) is 17.7. The van der Waals surface area contributed by atoms with Gasteiger partial charge >= 0.3 is 6.18 Å². The van der Waals surface area contributed by atoms with Crippen molar-refractivity contribution in [1.82, 2.24) is 9.88 Å². The van der Waals surface area contributed by atoms with Crippen molar-refractivity contribution in [3.05, 3.63) is 59.5 Å². The molecule has 2 aromatic rings. The van der Waals surface area contributed by atoms with Crippen molar-refractivity contribution in [3.63, 3.8) is 0 Å². The van der Waals surface area contributed by atoms with Crippen molar-refractivity contribution >= 4 is 5.91 Å². The maximum absolute atomic E-state index is 13.6. The summed E-state index contributed by atoms with van der Waals surface area (Å²) in [7, 11) is 1.41. The number of ether oxygens (including phenoxy) is 1. The summed E-state index contributed by atoms with van der Waals surface area (Å²) in [6, 6.07) is 8.63. The number of hydrogen-bond acceptors (Lipinski definition) is 3. The van der Waals surface area contributed by atoms with E-state index in [1.54, 1.807) is 6.07 Å². The van der Waals surface area contributed by atoms with Crippen LogP contribution in [0.25, 0.3) is 0 Å². The lowest BCUT2D eigenvalue weighted by molar-refractivity contribution is -0.154. The van der Waals surface area contributed by atoms with Crippen molar-refractivity contribution in [1.29, 1.82) is 0 Å². The molecule has 1 aromatic heterocycles. The van der Waals surface area contributed by atoms with Crippen LogP contribution in [0, 0.1) is 5.82 Å². The van der Waals surface area contributed by atoms with E-state index in [1.165, 1.54) is 48.5 Å². The van der Waals surface area contributed by atoms with Crippen LogP contribution >= 0.6 is 0 Å². The third-order valence-corrected chi connectivity index (χ3v) is 3.09. The van der Waals surface area contributed by atoms with Crippen molar-refractivity contribution in [2.75, 3.05) is 13.7 Å². The average molecular weight is 342 g/mol. The Labute approximate surface area is 135 Å². The number of hydrogen-bond donors (Lipinski definition) is 0. The van der Waals surface area contributed by atoms with Crippen molar-refractivity contribution < 1.29 is 27.1 Å². The molecule has 0 aliphatic heterocycles. The number of rotatable bonds is 5. The van der Waals surface area contributed by atoms with Gasteiger partial charge in [-0.1, -0.05) is 18.2 Å². The quantitative estimate of drug-likeness (QED) is 0.782. The molecule has 0 unspecified atom stereocenters. The van der Waals surface area contributed by atoms with Gasteiger partial charge in [0.25, 0.3) is 5.91 Å². The van der Waals surface area contributed by atoms with Crippen LogP contribution in [0.5, 0.6) is 5.88 Å². The highest BCUT2D eigenvalue weighted by Gasteiger charge is 2.30. The Bertz CT molecular complexity index is 719. The molecule has 0 saturated heterocycles. The molecule has 0 saturated carbocycles. The molecule has 1 amide bonds. The number of halogens is 4. The van der Waals surface area contributed by atoms with Gasteiger partial charge in [-0.2, -0.15) is 13.2 Å². The summed E-state index contributed by atoms with van der Waals surface area (Å²) in [6.45, 7) is -1.60. The van der Waals surface area contributed by atoms with Crippen LogP contribution in [-0.4, -0.2) is 35.6 Å². The number of amides is 1. The predicted octanol–water partition coefficient (Wildman–Crippen LogP) is 3.43. The average Bonchev–Trinajstić information content (AvgIpc) is 2.54. The Balaban J connectivity index is 2.15. The number of aromatic nitrogens is 1. The minimum atomic E-state index is -4.54. The molecule has 0 atom stereocenters. The van der Waals surface area contributed by atoms with E-state index in [0.29, 0.717) is 0 Å². The summed E-state index contributed by atoms with van der Waals surface area (Å²) >= 11 is 0. The van der Waals surface area contributed by atoms with Gasteiger partial charge in [-0.3, -0.25) is 4.79 Å². The summed E-state index contributed by atoms with van der Waals surface area (Å²) < 4.78 is 55.1. The Morgan fingerprint density at radius 3 is 2.58 bits per heavy atom. The first-order valence-corrected chi connectivity index (χ1v) is 6.91. The van der Waals surface area contributed by atoms with E-state index >= 15 is 0 Å². The van der Waals surface area contributed by atoms with Gasteiger partial charge in [-0.25, -0.2) is 9.37 Å². The number of benzene rings is 1. The fraction of sp³-hybridized carbons (Fsp3) is 0.250. The Morgan fingerprint density at radius 1 is 1.21 bits per heavy atom. The molecule has 0 bridgehead atoms. The van der Waals surface area contributed by atoms with E-state index in [4.69, 9.17) is 0 Å². The highest BCUT2D eigenvalue weighted by atomic mass is 19.4. The maximum atomic E-state index is 13.6. The SMILES string of the molecule is CN(Cc1ccccc1F)C(=O)c1cccnc1OCC(F)(F)F. The third kappa shape index (κ3) is 4.68. The smallest absolute Gasteiger partial charge is 0.422 e. The predicted molar refractivity (Wildman–Crippen MR) is 78.0 cm³/mol. The molecule has 8 heteroatoms. The van der Waals surface area contributed by atoms with E-state index in [1.807, 2.05) is 0 Å². The second-order valence-corrected chi connectivity index (χ2v) is 5.01. The second kappa shape index (κ2) is 7.29. The lowest BCUT2D eigenvalue weighted by Gasteiger charge is -2.19. The molecule has 0 spiro atoms. The third-order valence-electron chi connectivity index (χ3n) is 3.09. The topological polar surface area (TPSA) is 42.4 Å². The molecule has 0 aliphatic carbocycles. The van der Waals surface area contributed by atoms with Gasteiger partial charge in [-0.15, -0.1) is 0 Å². The van der Waals surface area contributed by atoms with Gasteiger partial charge in [0.05, 0.1) is 0 Å². The standard InChI is InChI=1S/C16H14F4N2O2/c1-22(9-11-5-2-3-7-13(11)17)15(23)12-6-4-8-21-14(12)24-10-16(18,19)20/h2-8H,9-10H2,1H3. The van der Waals surface area contributed by atoms with Crippen LogP contribution in [0.4, 0.5) is 17.6 Å². The Kier molecular flexibility index (Phi) is 5.38. The van der Waals surface area contributed by atoms with E-state index in [-0.39, 0.29) is 17.7 Å². The summed E-state index contributed by atoms with van der Waals surface area (Å²) in [5.41, 5.74) is 0.163. The van der Waals surface area contributed by atoms with Gasteiger partial charge < -0.3 is 9.64 Å². The van der Waals surface area contributed by atoms with Crippen LogP contribution < -0.4 is 4.74 Å². The van der Waals surface area contributed by atoms with Gasteiger partial charge in [0.15, 0.2) is 6.61 Å². The number of pyridine rings is 1. The zero-order valence-corrected chi connectivity index (χ0v) is 12.7. The number of carbonyl (C=O) groups is 1. The van der Waals surface area contributed by atoms with Gasteiger partial charge in [0, 0.05) is 25.4 Å². The highest BCUT2D eigenvalue weighted by molar-refractivity contribution is 5.96. The lowest BCUT2D eigenvalue weighted by Crippen LogP contribution is -2.28. The largest absolute Gasteiger partial charge is 0.467 e. The van der Waals surface area contributed by atoms with E-state index in [9.17, 15) is 22.4 Å². The molecule has 2 rings (SSSR count). The second-order valence-electron chi connectivity index (χ2n) is 5.01. The first-order valence-electron chi connectivity index (χ1n) is 6.91. The lowest BCUT2D eigenvalue weighted by atomic mass is 10.2. The normalized spacial score (nSPS) is 11.2. The van der Waals surface area contributed by atoms with E-state index < -0.39 is 30.4 Å². The van der Waals surface area contributed by atoms with Crippen LogP contribution in [0.2, 0.25) is 0 Å². The molecule has 24 heavy (non-hydrogen) atoms. The molecule has 0 radical (unpaired) electrons. The van der Waals surface area contributed by atoms with Crippen molar-refractivity contribution in [2.45, 2.75) is 12.7 Å². The van der Waals surface area contributed by atoms with E-state index in [0.717, 1.165) is 0 Å². The Hall–Kier alpha value is -2.64. The molecule has 1 heterocycles. The molecular formula is C16H14F4N2O2. The molecule has 1 aromatic carbocycles. The van der Waals surface area contributed by atoms with Crippen LogP contribution in [0.1, 0.15) is 15.9 Å². The van der Waals surface area contributed by atoms with Crippen LogP contribution in [0.3, 0.4) is 0 Å². The molecular weight excluding hydrogens is 328 g/mol.